The van der Waals surface area contributed by atoms with Gasteiger partial charge in [0.05, 0.1) is 12.6 Å². The average molecular weight is 239 g/mol. The predicted molar refractivity (Wildman–Crippen MR) is 65.7 cm³/mol. The fourth-order valence-corrected chi connectivity index (χ4v) is 1.40. The molecule has 1 rings (SSSR count). The van der Waals surface area contributed by atoms with Gasteiger partial charge in [-0.3, -0.25) is 10.1 Å². The van der Waals surface area contributed by atoms with Crippen LogP contribution in [-0.2, 0) is 9.53 Å². The lowest BCUT2D eigenvalue weighted by atomic mass is 10.2. The lowest BCUT2D eigenvalue weighted by molar-refractivity contribution is -0.153. The van der Waals surface area contributed by atoms with Crippen LogP contribution in [0.5, 0.6) is 0 Å². The third-order valence-electron chi connectivity index (χ3n) is 2.16. The first-order valence-corrected chi connectivity index (χ1v) is 5.79. The Kier molecular flexibility index (Phi) is 4.34. The Morgan fingerprint density at radius 1 is 1.47 bits per heavy atom. The van der Waals surface area contributed by atoms with Crippen LogP contribution < -0.4 is 5.32 Å². The summed E-state index contributed by atoms with van der Waals surface area (Å²) in [5.41, 5.74) is -0.441. The van der Waals surface area contributed by atoms with Crippen LogP contribution in [0.25, 0.3) is 0 Å². The molecule has 0 radical (unpaired) electrons. The van der Waals surface area contributed by atoms with Crippen molar-refractivity contribution < 1.29 is 13.9 Å². The van der Waals surface area contributed by atoms with E-state index in [-0.39, 0.29) is 18.6 Å². The summed E-state index contributed by atoms with van der Waals surface area (Å²) in [5, 5.41) is 3.07. The Morgan fingerprint density at radius 3 is 2.59 bits per heavy atom. The average Bonchev–Trinajstić information content (AvgIpc) is 2.58. The summed E-state index contributed by atoms with van der Waals surface area (Å²) in [6.45, 7) is 9.57. The zero-order chi connectivity index (χ0) is 13.1. The van der Waals surface area contributed by atoms with E-state index in [2.05, 4.69) is 5.32 Å². The second-order valence-electron chi connectivity index (χ2n) is 5.14. The van der Waals surface area contributed by atoms with Gasteiger partial charge in [-0.2, -0.15) is 0 Å². The van der Waals surface area contributed by atoms with Crippen LogP contribution in [0.15, 0.2) is 16.5 Å². The molecule has 0 fully saturated rings. The molecule has 0 spiro atoms. The number of furan rings is 1. The van der Waals surface area contributed by atoms with Crippen molar-refractivity contribution in [3.05, 3.63) is 23.7 Å². The van der Waals surface area contributed by atoms with Crippen molar-refractivity contribution in [2.45, 2.75) is 46.3 Å². The van der Waals surface area contributed by atoms with Gasteiger partial charge < -0.3 is 9.15 Å². The molecule has 1 heterocycles. The molecule has 0 saturated heterocycles. The Hall–Kier alpha value is -1.29. The van der Waals surface area contributed by atoms with Gasteiger partial charge in [0.25, 0.3) is 0 Å². The minimum atomic E-state index is -0.441. The second-order valence-corrected chi connectivity index (χ2v) is 5.14. The van der Waals surface area contributed by atoms with Gasteiger partial charge in [-0.1, -0.05) is 0 Å². The second kappa shape index (κ2) is 5.36. The summed E-state index contributed by atoms with van der Waals surface area (Å²) in [4.78, 5) is 11.5. The first-order valence-electron chi connectivity index (χ1n) is 5.79. The quantitative estimate of drug-likeness (QED) is 0.820. The molecule has 17 heavy (non-hydrogen) atoms. The summed E-state index contributed by atoms with van der Waals surface area (Å²) in [6, 6.07) is 3.81. The highest BCUT2D eigenvalue weighted by molar-refractivity contribution is 5.72. The van der Waals surface area contributed by atoms with Gasteiger partial charge >= 0.3 is 5.97 Å². The van der Waals surface area contributed by atoms with Gasteiger partial charge in [-0.25, -0.2) is 0 Å². The van der Waals surface area contributed by atoms with Gasteiger partial charge in [0.1, 0.15) is 17.1 Å². The van der Waals surface area contributed by atoms with Gasteiger partial charge in [-0.15, -0.1) is 0 Å². The third kappa shape index (κ3) is 5.04. The van der Waals surface area contributed by atoms with Crippen molar-refractivity contribution in [2.75, 3.05) is 6.54 Å². The van der Waals surface area contributed by atoms with Crippen LogP contribution >= 0.6 is 0 Å². The molecule has 1 N–H and O–H groups in total. The normalized spacial score (nSPS) is 13.5. The molecule has 0 amide bonds. The minimum absolute atomic E-state index is 0.00350. The predicted octanol–water partition coefficient (Wildman–Crippen LogP) is 2.58. The van der Waals surface area contributed by atoms with Crippen molar-refractivity contribution in [3.8, 4) is 0 Å². The topological polar surface area (TPSA) is 51.5 Å². The summed E-state index contributed by atoms with van der Waals surface area (Å²) >= 11 is 0. The first kappa shape index (κ1) is 13.8. The van der Waals surface area contributed by atoms with E-state index >= 15 is 0 Å². The third-order valence-corrected chi connectivity index (χ3v) is 2.16. The minimum Gasteiger partial charge on any atom is -0.465 e. The highest BCUT2D eigenvalue weighted by Crippen LogP contribution is 2.15. The molecular weight excluding hydrogens is 218 g/mol. The molecule has 0 aliphatic rings. The van der Waals surface area contributed by atoms with E-state index in [4.69, 9.17) is 9.15 Å². The number of carbonyl (C=O) groups is 1. The van der Waals surface area contributed by atoms with E-state index in [1.54, 1.807) is 0 Å². The molecule has 1 atom stereocenters. The summed E-state index contributed by atoms with van der Waals surface area (Å²) in [7, 11) is 0. The van der Waals surface area contributed by atoms with E-state index < -0.39 is 5.60 Å². The summed E-state index contributed by atoms with van der Waals surface area (Å²) in [5.74, 6) is 1.43. The van der Waals surface area contributed by atoms with E-state index in [1.165, 1.54) is 0 Å². The molecule has 0 bridgehead atoms. The highest BCUT2D eigenvalue weighted by Gasteiger charge is 2.17. The van der Waals surface area contributed by atoms with E-state index in [1.807, 2.05) is 46.8 Å². The summed E-state index contributed by atoms with van der Waals surface area (Å²) < 4.78 is 10.7. The molecule has 4 heteroatoms. The molecule has 0 aliphatic carbocycles. The van der Waals surface area contributed by atoms with Gasteiger partial charge in [0.15, 0.2) is 0 Å². The number of aryl methyl sites for hydroxylation is 1. The maximum Gasteiger partial charge on any atom is 0.320 e. The van der Waals surface area contributed by atoms with E-state index in [0.717, 1.165) is 11.5 Å². The molecule has 1 aromatic heterocycles. The smallest absolute Gasteiger partial charge is 0.320 e. The number of hydrogen-bond donors (Lipinski definition) is 1. The van der Waals surface area contributed by atoms with Crippen LogP contribution in [0, 0.1) is 6.92 Å². The largest absolute Gasteiger partial charge is 0.465 e. The number of rotatable bonds is 4. The number of hydrogen-bond acceptors (Lipinski definition) is 4. The van der Waals surface area contributed by atoms with Crippen molar-refractivity contribution in [2.24, 2.45) is 0 Å². The van der Waals surface area contributed by atoms with Crippen LogP contribution in [-0.4, -0.2) is 18.1 Å². The number of ether oxygens (including phenoxy) is 1. The SMILES string of the molecule is Cc1ccc(C(C)NCC(=O)OC(C)(C)C)o1. The zero-order valence-corrected chi connectivity index (χ0v) is 11.2. The standard InChI is InChI=1S/C13H21NO3/c1-9-6-7-11(16-9)10(2)14-8-12(15)17-13(3,4)5/h6-7,10,14H,8H2,1-5H3. The van der Waals surface area contributed by atoms with Crippen molar-refractivity contribution in [3.63, 3.8) is 0 Å². The summed E-state index contributed by atoms with van der Waals surface area (Å²) in [6.07, 6.45) is 0. The zero-order valence-electron chi connectivity index (χ0n) is 11.2. The van der Waals surface area contributed by atoms with E-state index in [9.17, 15) is 4.79 Å². The Balaban J connectivity index is 2.38. The van der Waals surface area contributed by atoms with Gasteiger partial charge in [-0.05, 0) is 46.8 Å². The van der Waals surface area contributed by atoms with Crippen LogP contribution in [0.3, 0.4) is 0 Å². The number of esters is 1. The maximum atomic E-state index is 11.5. The van der Waals surface area contributed by atoms with Crippen molar-refractivity contribution in [1.82, 2.24) is 5.32 Å². The molecule has 1 unspecified atom stereocenters. The maximum absolute atomic E-state index is 11.5. The number of nitrogens with one attached hydrogen (secondary N) is 1. The molecule has 1 aromatic rings. The van der Waals surface area contributed by atoms with E-state index in [0.29, 0.717) is 0 Å². The highest BCUT2D eigenvalue weighted by atomic mass is 16.6. The van der Waals surface area contributed by atoms with Crippen LogP contribution in [0.2, 0.25) is 0 Å². The lowest BCUT2D eigenvalue weighted by Crippen LogP contribution is -2.32. The fraction of sp³-hybridized carbons (Fsp3) is 0.615. The Bertz CT molecular complexity index is 376. The van der Waals surface area contributed by atoms with Gasteiger partial charge in [0.2, 0.25) is 0 Å². The first-order chi connectivity index (χ1) is 7.78. The molecule has 4 nitrogen and oxygen atoms in total. The molecule has 0 aromatic carbocycles. The molecule has 0 aliphatic heterocycles. The molecule has 96 valence electrons. The van der Waals surface area contributed by atoms with Crippen LogP contribution in [0.4, 0.5) is 0 Å². The van der Waals surface area contributed by atoms with Crippen molar-refractivity contribution in [1.29, 1.82) is 0 Å². The number of carbonyl (C=O) groups excluding carboxylic acids is 1. The lowest BCUT2D eigenvalue weighted by Gasteiger charge is -2.20. The molecular formula is C13H21NO3. The van der Waals surface area contributed by atoms with Gasteiger partial charge in [0, 0.05) is 0 Å². The Morgan fingerprint density at radius 2 is 2.12 bits per heavy atom. The monoisotopic (exact) mass is 239 g/mol. The molecule has 0 saturated carbocycles. The van der Waals surface area contributed by atoms with Crippen LogP contribution in [0.1, 0.15) is 45.3 Å². The fourth-order valence-electron chi connectivity index (χ4n) is 1.40. The van der Waals surface area contributed by atoms with Crippen molar-refractivity contribution >= 4 is 5.97 Å². The Labute approximate surface area is 102 Å².